The molecule has 0 spiro atoms. The van der Waals surface area contributed by atoms with Crippen LogP contribution in [0.3, 0.4) is 0 Å². The van der Waals surface area contributed by atoms with Gasteiger partial charge in [0.1, 0.15) is 0 Å². The Kier molecular flexibility index (Phi) is 11.4. The summed E-state index contributed by atoms with van der Waals surface area (Å²) < 4.78 is 0. The zero-order chi connectivity index (χ0) is 22.5. The molecule has 30 heavy (non-hydrogen) atoms. The Bertz CT molecular complexity index is 696. The molecule has 1 amide bonds. The minimum Gasteiger partial charge on any atom is -0.473 e. The zero-order valence-electron chi connectivity index (χ0n) is 18.1. The van der Waals surface area contributed by atoms with E-state index in [1.165, 1.54) is 11.1 Å². The third-order valence-electron chi connectivity index (χ3n) is 4.85. The fourth-order valence-corrected chi connectivity index (χ4v) is 3.21. The lowest BCUT2D eigenvalue weighted by molar-refractivity contribution is -0.159. The van der Waals surface area contributed by atoms with Crippen molar-refractivity contribution in [3.8, 4) is 0 Å². The van der Waals surface area contributed by atoms with Gasteiger partial charge in [-0.25, -0.2) is 9.59 Å². The summed E-state index contributed by atoms with van der Waals surface area (Å²) in [6.07, 6.45) is 5.27. The first-order valence-corrected chi connectivity index (χ1v) is 10.4. The lowest BCUT2D eigenvalue weighted by Gasteiger charge is -2.31. The number of rotatable bonds is 7. The maximum Gasteiger partial charge on any atom is 0.414 e. The van der Waals surface area contributed by atoms with E-state index in [9.17, 15) is 4.79 Å². The number of hydrogen-bond donors (Lipinski definition) is 3. The van der Waals surface area contributed by atoms with Gasteiger partial charge in [-0.2, -0.15) is 0 Å². The van der Waals surface area contributed by atoms with Gasteiger partial charge in [-0.1, -0.05) is 55.8 Å². The fourth-order valence-electron chi connectivity index (χ4n) is 3.21. The van der Waals surface area contributed by atoms with Gasteiger partial charge < -0.3 is 15.5 Å². The highest BCUT2D eigenvalue weighted by Gasteiger charge is 2.24. The van der Waals surface area contributed by atoms with Crippen LogP contribution >= 0.6 is 0 Å². The van der Waals surface area contributed by atoms with Crippen molar-refractivity contribution >= 4 is 23.9 Å². The topological polar surface area (TPSA) is 107 Å². The molecule has 7 nitrogen and oxygen atoms in total. The summed E-state index contributed by atoms with van der Waals surface area (Å²) >= 11 is 0. The minimum absolute atomic E-state index is 0.201. The average Bonchev–Trinajstić information content (AvgIpc) is 2.69. The fraction of sp³-hybridized carbons (Fsp3) is 0.522. The third kappa shape index (κ3) is 10.8. The number of carboxylic acid groups (broad SMARTS) is 2. The van der Waals surface area contributed by atoms with Gasteiger partial charge in [-0.05, 0) is 50.8 Å². The molecule has 0 bridgehead atoms. The molecule has 1 aromatic rings. The van der Waals surface area contributed by atoms with Crippen LogP contribution in [0.2, 0.25) is 0 Å². The first-order chi connectivity index (χ1) is 14.2. The summed E-state index contributed by atoms with van der Waals surface area (Å²) in [5.41, 5.74) is 2.63. The summed E-state index contributed by atoms with van der Waals surface area (Å²) in [5, 5.41) is 17.9. The number of benzene rings is 1. The first-order valence-electron chi connectivity index (χ1n) is 10.4. The maximum atomic E-state index is 12.2. The summed E-state index contributed by atoms with van der Waals surface area (Å²) in [4.78, 5) is 32.9. The second-order valence-corrected chi connectivity index (χ2v) is 8.04. The predicted octanol–water partition coefficient (Wildman–Crippen LogP) is 3.12. The van der Waals surface area contributed by atoms with Crippen LogP contribution in [-0.2, 0) is 14.4 Å². The lowest BCUT2D eigenvalue weighted by atomic mass is 9.95. The molecule has 0 saturated carbocycles. The molecule has 1 aliphatic rings. The van der Waals surface area contributed by atoms with Gasteiger partial charge in [-0.15, -0.1) is 0 Å². The molecule has 0 atom stereocenters. The van der Waals surface area contributed by atoms with Gasteiger partial charge in [-0.3, -0.25) is 9.69 Å². The molecule has 7 heteroatoms. The van der Waals surface area contributed by atoms with Crippen LogP contribution in [0.5, 0.6) is 0 Å². The number of likely N-dealkylation sites (tertiary alicyclic amines) is 1. The van der Waals surface area contributed by atoms with E-state index in [2.05, 4.69) is 61.3 Å². The highest BCUT2D eigenvalue weighted by Crippen LogP contribution is 2.19. The first kappa shape index (κ1) is 25.4. The Balaban J connectivity index is 0.000000656. The van der Waals surface area contributed by atoms with Crippen molar-refractivity contribution in [2.75, 3.05) is 26.2 Å². The van der Waals surface area contributed by atoms with Crippen molar-refractivity contribution in [1.29, 1.82) is 0 Å². The second-order valence-electron chi connectivity index (χ2n) is 8.04. The smallest absolute Gasteiger partial charge is 0.414 e. The quantitative estimate of drug-likeness (QED) is 0.588. The second kappa shape index (κ2) is 13.5. The van der Waals surface area contributed by atoms with Crippen molar-refractivity contribution in [2.45, 2.75) is 40.0 Å². The number of hydrogen-bond acceptors (Lipinski definition) is 4. The van der Waals surface area contributed by atoms with Crippen molar-refractivity contribution in [2.24, 2.45) is 11.8 Å². The Morgan fingerprint density at radius 2 is 1.67 bits per heavy atom. The Morgan fingerprint density at radius 1 is 1.10 bits per heavy atom. The van der Waals surface area contributed by atoms with Crippen LogP contribution < -0.4 is 5.32 Å². The Morgan fingerprint density at radius 3 is 2.17 bits per heavy atom. The molecule has 0 aromatic heterocycles. The number of aliphatic carboxylic acids is 2. The normalized spacial score (nSPS) is 15.3. The molecule has 0 radical (unpaired) electrons. The van der Waals surface area contributed by atoms with Gasteiger partial charge >= 0.3 is 11.9 Å². The maximum absolute atomic E-state index is 12.2. The van der Waals surface area contributed by atoms with Crippen LogP contribution in [0.25, 0.3) is 6.08 Å². The van der Waals surface area contributed by atoms with E-state index in [1.54, 1.807) is 0 Å². The molecule has 1 aliphatic heterocycles. The predicted molar refractivity (Wildman–Crippen MR) is 117 cm³/mol. The summed E-state index contributed by atoms with van der Waals surface area (Å²) in [5.74, 6) is -2.55. The van der Waals surface area contributed by atoms with Crippen molar-refractivity contribution in [3.05, 3.63) is 41.5 Å². The van der Waals surface area contributed by atoms with E-state index in [-0.39, 0.29) is 11.8 Å². The molecule has 1 saturated heterocycles. The molecule has 166 valence electrons. The van der Waals surface area contributed by atoms with Crippen LogP contribution in [-0.4, -0.2) is 59.1 Å². The van der Waals surface area contributed by atoms with E-state index in [4.69, 9.17) is 19.8 Å². The van der Waals surface area contributed by atoms with Crippen molar-refractivity contribution in [1.82, 2.24) is 10.2 Å². The number of carboxylic acids is 2. The molecular weight excluding hydrogens is 384 g/mol. The number of nitrogens with zero attached hydrogens (tertiary/aromatic N) is 1. The van der Waals surface area contributed by atoms with Gasteiger partial charge in [0.2, 0.25) is 5.91 Å². The van der Waals surface area contributed by atoms with Crippen LogP contribution in [0.15, 0.2) is 35.9 Å². The largest absolute Gasteiger partial charge is 0.473 e. The summed E-state index contributed by atoms with van der Waals surface area (Å²) in [6, 6.07) is 10.5. The van der Waals surface area contributed by atoms with Crippen LogP contribution in [0.1, 0.15) is 45.6 Å². The van der Waals surface area contributed by atoms with E-state index in [1.807, 2.05) is 6.07 Å². The summed E-state index contributed by atoms with van der Waals surface area (Å²) in [6.45, 7) is 10.4. The third-order valence-corrected chi connectivity index (χ3v) is 4.85. The van der Waals surface area contributed by atoms with Gasteiger partial charge in [0.25, 0.3) is 0 Å². The minimum atomic E-state index is -1.82. The van der Waals surface area contributed by atoms with Gasteiger partial charge in [0.15, 0.2) is 0 Å². The lowest BCUT2D eigenvalue weighted by Crippen LogP contribution is -2.41. The number of carbonyl (C=O) groups excluding carboxylic acids is 1. The molecule has 1 aromatic carbocycles. The molecular formula is C23H34N2O5. The Labute approximate surface area is 178 Å². The van der Waals surface area contributed by atoms with Gasteiger partial charge in [0.05, 0.1) is 0 Å². The van der Waals surface area contributed by atoms with E-state index < -0.39 is 11.9 Å². The molecule has 0 aliphatic carbocycles. The van der Waals surface area contributed by atoms with Crippen molar-refractivity contribution < 1.29 is 24.6 Å². The molecule has 1 fully saturated rings. The monoisotopic (exact) mass is 418 g/mol. The molecule has 0 unspecified atom stereocenters. The molecule has 3 N–H and O–H groups in total. The molecule has 1 heterocycles. The Hall–Kier alpha value is -2.67. The number of carbonyl (C=O) groups is 3. The van der Waals surface area contributed by atoms with E-state index in [0.29, 0.717) is 5.92 Å². The van der Waals surface area contributed by atoms with Crippen molar-refractivity contribution in [3.63, 3.8) is 0 Å². The van der Waals surface area contributed by atoms with E-state index in [0.717, 1.165) is 45.4 Å². The van der Waals surface area contributed by atoms with Crippen LogP contribution in [0, 0.1) is 11.8 Å². The number of nitrogens with one attached hydrogen (secondary N) is 1. The molecule has 2 rings (SSSR count). The highest BCUT2D eigenvalue weighted by molar-refractivity contribution is 6.27. The highest BCUT2D eigenvalue weighted by atomic mass is 16.4. The average molecular weight is 419 g/mol. The van der Waals surface area contributed by atoms with Crippen LogP contribution in [0.4, 0.5) is 0 Å². The SMILES string of the molecule is CC(=Cc1ccccc1)CN1CCC(C(=O)NCCC(C)C)CC1.O=C(O)C(=O)O. The summed E-state index contributed by atoms with van der Waals surface area (Å²) in [7, 11) is 0. The standard InChI is InChI=1S/C21H32N2O.C2H2O4/c1-17(2)9-12-22-21(24)20-10-13-23(14-11-20)16-18(3)15-19-7-5-4-6-8-19;3-1(4)2(5)6/h4-8,15,17,20H,9-14,16H2,1-3H3,(H,22,24);(H,3,4)(H,5,6). The number of piperidine rings is 1. The van der Waals surface area contributed by atoms with E-state index >= 15 is 0 Å². The number of amides is 1. The van der Waals surface area contributed by atoms with Gasteiger partial charge in [0, 0.05) is 19.0 Å². The zero-order valence-corrected chi connectivity index (χ0v) is 18.1.